The molecule has 0 bridgehead atoms. The van der Waals surface area contributed by atoms with E-state index >= 15 is 0 Å². The molecule has 1 aliphatic heterocycles. The number of hydrogen-bond donors (Lipinski definition) is 1. The number of para-hydroxylation sites is 1. The molecule has 5 aromatic rings. The first-order valence-electron chi connectivity index (χ1n) is 10.6. The van der Waals surface area contributed by atoms with E-state index in [4.69, 9.17) is 4.74 Å². The Hall–Kier alpha value is -3.80. The lowest BCUT2D eigenvalue weighted by atomic mass is 9.80. The number of ether oxygens (including phenoxy) is 1. The predicted octanol–water partition coefficient (Wildman–Crippen LogP) is 4.79. The van der Waals surface area contributed by atoms with Gasteiger partial charge in [0.2, 0.25) is 5.72 Å². The van der Waals surface area contributed by atoms with E-state index in [1.807, 2.05) is 115 Å². The third-order valence-electron chi connectivity index (χ3n) is 6.28. The molecule has 5 heteroatoms. The Kier molecular flexibility index (Phi) is 4.21. The summed E-state index contributed by atoms with van der Waals surface area (Å²) in [6, 6.07) is 37.4. The van der Waals surface area contributed by atoms with Gasteiger partial charge in [0.05, 0.1) is 5.52 Å². The summed E-state index contributed by atoms with van der Waals surface area (Å²) in [6.45, 7) is 0. The van der Waals surface area contributed by atoms with E-state index in [1.54, 1.807) is 4.68 Å². The second-order valence-electron chi connectivity index (χ2n) is 8.01. The van der Waals surface area contributed by atoms with Gasteiger partial charge in [0.25, 0.3) is 0 Å². The molecule has 0 amide bonds. The number of aliphatic hydroxyl groups excluding tert-OH is 1. The lowest BCUT2D eigenvalue weighted by Crippen LogP contribution is -2.36. The zero-order valence-electron chi connectivity index (χ0n) is 17.2. The molecule has 6 rings (SSSR count). The zero-order valence-corrected chi connectivity index (χ0v) is 17.2. The van der Waals surface area contributed by atoms with Crippen molar-refractivity contribution < 1.29 is 9.84 Å². The maximum absolute atomic E-state index is 11.9. The molecule has 1 fully saturated rings. The molecule has 0 spiro atoms. The summed E-state index contributed by atoms with van der Waals surface area (Å²) in [5, 5.41) is 20.8. The Balaban J connectivity index is 1.67. The van der Waals surface area contributed by atoms with Crippen LogP contribution < -0.4 is 0 Å². The van der Waals surface area contributed by atoms with Gasteiger partial charge in [-0.15, -0.1) is 5.10 Å². The van der Waals surface area contributed by atoms with Crippen molar-refractivity contribution in [3.63, 3.8) is 0 Å². The Morgan fingerprint density at radius 1 is 0.688 bits per heavy atom. The molecule has 1 aromatic heterocycles. The number of aliphatic hydroxyl groups is 1. The average Bonchev–Trinajstić information content (AvgIpc) is 3.41. The molecule has 5 nitrogen and oxygen atoms in total. The van der Waals surface area contributed by atoms with E-state index in [9.17, 15) is 5.11 Å². The second kappa shape index (κ2) is 7.12. The van der Waals surface area contributed by atoms with Crippen molar-refractivity contribution in [1.29, 1.82) is 0 Å². The highest BCUT2D eigenvalue weighted by Crippen LogP contribution is 2.68. The molecule has 1 unspecified atom stereocenters. The molecule has 2 atom stereocenters. The van der Waals surface area contributed by atoms with Crippen LogP contribution in [0.15, 0.2) is 115 Å². The second-order valence-corrected chi connectivity index (χ2v) is 8.01. The molecule has 2 heterocycles. The smallest absolute Gasteiger partial charge is 0.232 e. The Morgan fingerprint density at radius 2 is 1.22 bits per heavy atom. The third kappa shape index (κ3) is 2.52. The summed E-state index contributed by atoms with van der Waals surface area (Å²) >= 11 is 0. The van der Waals surface area contributed by atoms with Crippen LogP contribution in [0.3, 0.4) is 0 Å². The van der Waals surface area contributed by atoms with Crippen LogP contribution in [-0.2, 0) is 16.1 Å². The molecule has 0 aliphatic carbocycles. The van der Waals surface area contributed by atoms with Gasteiger partial charge in [0.15, 0.2) is 5.60 Å². The number of hydrogen-bond acceptors (Lipinski definition) is 4. The van der Waals surface area contributed by atoms with Crippen molar-refractivity contribution in [2.75, 3.05) is 0 Å². The molecule has 0 radical (unpaired) electrons. The van der Waals surface area contributed by atoms with Gasteiger partial charge in [0, 0.05) is 0 Å². The van der Waals surface area contributed by atoms with E-state index in [-0.39, 0.29) is 0 Å². The van der Waals surface area contributed by atoms with Crippen molar-refractivity contribution in [3.05, 3.63) is 132 Å². The van der Waals surface area contributed by atoms with Gasteiger partial charge in [-0.1, -0.05) is 108 Å². The summed E-state index contributed by atoms with van der Waals surface area (Å²) < 4.78 is 8.49. The highest BCUT2D eigenvalue weighted by Gasteiger charge is 2.78. The minimum atomic E-state index is -1.22. The van der Waals surface area contributed by atoms with Gasteiger partial charge in [-0.25, -0.2) is 4.68 Å². The fraction of sp³-hybridized carbons (Fsp3) is 0.111. The van der Waals surface area contributed by atoms with Crippen molar-refractivity contribution in [3.8, 4) is 0 Å². The average molecular weight is 419 g/mol. The molecular formula is C27H21N3O2. The first kappa shape index (κ1) is 18.9. The van der Waals surface area contributed by atoms with Gasteiger partial charge >= 0.3 is 0 Å². The van der Waals surface area contributed by atoms with E-state index in [1.165, 1.54) is 0 Å². The Labute approximate surface area is 185 Å². The van der Waals surface area contributed by atoms with Crippen molar-refractivity contribution in [1.82, 2.24) is 15.0 Å². The quantitative estimate of drug-likeness (QED) is 0.416. The highest BCUT2D eigenvalue weighted by molar-refractivity contribution is 5.74. The third-order valence-corrected chi connectivity index (χ3v) is 6.28. The summed E-state index contributed by atoms with van der Waals surface area (Å²) in [7, 11) is 0. The molecule has 156 valence electrons. The topological polar surface area (TPSA) is 63.5 Å². The molecule has 0 saturated carbocycles. The molecule has 1 saturated heterocycles. The fourth-order valence-electron chi connectivity index (χ4n) is 4.78. The van der Waals surface area contributed by atoms with E-state index < -0.39 is 17.4 Å². The maximum Gasteiger partial charge on any atom is 0.232 e. The van der Waals surface area contributed by atoms with Crippen molar-refractivity contribution >= 4 is 11.0 Å². The zero-order chi connectivity index (χ0) is 21.6. The van der Waals surface area contributed by atoms with Crippen LogP contribution in [0.2, 0.25) is 0 Å². The van der Waals surface area contributed by atoms with Gasteiger partial charge in [-0.2, -0.15) is 0 Å². The number of aromatic nitrogens is 3. The highest BCUT2D eigenvalue weighted by atomic mass is 16.7. The summed E-state index contributed by atoms with van der Waals surface area (Å²) in [5.41, 5.74) is 2.03. The summed E-state index contributed by atoms with van der Waals surface area (Å²) in [5.74, 6) is 0. The number of rotatable bonds is 5. The number of benzene rings is 4. The monoisotopic (exact) mass is 419 g/mol. The summed E-state index contributed by atoms with van der Waals surface area (Å²) in [6.07, 6.45) is -0.991. The van der Waals surface area contributed by atoms with Crippen LogP contribution in [-0.4, -0.2) is 20.1 Å². The van der Waals surface area contributed by atoms with Gasteiger partial charge < -0.3 is 9.84 Å². The summed E-state index contributed by atoms with van der Waals surface area (Å²) in [4.78, 5) is 0. The van der Waals surface area contributed by atoms with Crippen LogP contribution in [0.25, 0.3) is 11.0 Å². The lowest BCUT2D eigenvalue weighted by molar-refractivity contribution is 0.0215. The van der Waals surface area contributed by atoms with Crippen LogP contribution in [0, 0.1) is 0 Å². The first-order valence-corrected chi connectivity index (χ1v) is 10.6. The van der Waals surface area contributed by atoms with Crippen molar-refractivity contribution in [2.24, 2.45) is 0 Å². The molecule has 4 aromatic carbocycles. The number of epoxide rings is 1. The molecule has 1 N–H and O–H groups in total. The normalized spacial score (nSPS) is 20.2. The maximum atomic E-state index is 11.9. The molecule has 1 aliphatic rings. The van der Waals surface area contributed by atoms with Gasteiger partial charge in [-0.3, -0.25) is 0 Å². The molecule has 32 heavy (non-hydrogen) atoms. The largest absolute Gasteiger partial charge is 0.383 e. The van der Waals surface area contributed by atoms with Crippen LogP contribution in [0.4, 0.5) is 0 Å². The number of nitrogens with zero attached hydrogens (tertiary/aromatic N) is 3. The fourth-order valence-corrected chi connectivity index (χ4v) is 4.78. The van der Waals surface area contributed by atoms with E-state index in [2.05, 4.69) is 10.3 Å². The standard InChI is InChI=1S/C27H21N3O2/c31-25(20-12-4-1-5-13-20)27(30-24-19-11-10-18-23(24)28-29-30)26(32-27,21-14-6-2-7-15-21)22-16-8-3-9-17-22/h1-19,25,31H/t25?,27-/m1/s1. The van der Waals surface area contributed by atoms with Gasteiger partial charge in [0.1, 0.15) is 11.6 Å². The number of fused-ring (bicyclic) bond motifs is 1. The molecular weight excluding hydrogens is 398 g/mol. The minimum absolute atomic E-state index is 0.748. The van der Waals surface area contributed by atoms with Crippen LogP contribution in [0.1, 0.15) is 22.8 Å². The minimum Gasteiger partial charge on any atom is -0.383 e. The van der Waals surface area contributed by atoms with E-state index in [0.717, 1.165) is 27.7 Å². The lowest BCUT2D eigenvalue weighted by Gasteiger charge is -2.26. The first-order chi connectivity index (χ1) is 15.8. The van der Waals surface area contributed by atoms with Crippen LogP contribution in [0.5, 0.6) is 0 Å². The Morgan fingerprint density at radius 3 is 1.84 bits per heavy atom. The predicted molar refractivity (Wildman–Crippen MR) is 122 cm³/mol. The van der Waals surface area contributed by atoms with E-state index in [0.29, 0.717) is 0 Å². The Bertz CT molecular complexity index is 1330. The van der Waals surface area contributed by atoms with Gasteiger partial charge in [-0.05, 0) is 28.8 Å². The van der Waals surface area contributed by atoms with Crippen molar-refractivity contribution in [2.45, 2.75) is 17.4 Å². The SMILES string of the molecule is OC(c1ccccc1)[C@@]1(n2nnc3ccccc32)OC1(c1ccccc1)c1ccccc1. The van der Waals surface area contributed by atoms with Crippen LogP contribution >= 0.6 is 0 Å².